The summed E-state index contributed by atoms with van der Waals surface area (Å²) in [5.74, 6) is -1.18. The summed E-state index contributed by atoms with van der Waals surface area (Å²) in [7, 11) is 1.64. The second-order valence-electron chi connectivity index (χ2n) is 8.87. The molecule has 10 nitrogen and oxygen atoms in total. The highest BCUT2D eigenvalue weighted by Crippen LogP contribution is 2.26. The minimum absolute atomic E-state index is 0.0100. The van der Waals surface area contributed by atoms with E-state index in [4.69, 9.17) is 4.74 Å². The molecule has 0 bridgehead atoms. The van der Waals surface area contributed by atoms with Gasteiger partial charge >= 0.3 is 11.7 Å². The number of imidazole rings is 1. The summed E-state index contributed by atoms with van der Waals surface area (Å²) in [6.45, 7) is 5.41. The molecule has 1 aliphatic rings. The van der Waals surface area contributed by atoms with Crippen LogP contribution in [-0.4, -0.2) is 42.3 Å². The van der Waals surface area contributed by atoms with Crippen LogP contribution in [-0.2, 0) is 32.7 Å². The van der Waals surface area contributed by atoms with Crippen molar-refractivity contribution in [2.45, 2.75) is 51.8 Å². The first kappa shape index (κ1) is 21.5. The standard InChI is InChI=1S/C22H25N5O5/c1-22(2,3)32-19(29)12-26-10-9-14(24-26)13-5-6-15-17(11-13)25(4)21(31)27(15)16-7-8-18(28)23-20(16)30/h5-6,9-11,16H,7-8,12H2,1-4H3,(H,23,28,30). The third kappa shape index (κ3) is 4.08. The Bertz CT molecular complexity index is 1290. The number of benzene rings is 1. The van der Waals surface area contributed by atoms with E-state index in [0.29, 0.717) is 16.7 Å². The fourth-order valence-corrected chi connectivity index (χ4v) is 3.86. The number of esters is 1. The van der Waals surface area contributed by atoms with Gasteiger partial charge in [0.05, 0.1) is 16.7 Å². The topological polar surface area (TPSA) is 117 Å². The van der Waals surface area contributed by atoms with Crippen LogP contribution in [0.5, 0.6) is 0 Å². The molecule has 1 aliphatic heterocycles. The highest BCUT2D eigenvalue weighted by atomic mass is 16.6. The third-order valence-electron chi connectivity index (χ3n) is 5.26. The van der Waals surface area contributed by atoms with Gasteiger partial charge in [0.25, 0.3) is 0 Å². The number of carbonyl (C=O) groups is 3. The highest BCUT2D eigenvalue weighted by Gasteiger charge is 2.31. The van der Waals surface area contributed by atoms with Crippen molar-refractivity contribution in [1.82, 2.24) is 24.2 Å². The zero-order valence-electron chi connectivity index (χ0n) is 18.4. The lowest BCUT2D eigenvalue weighted by Crippen LogP contribution is -2.44. The predicted octanol–water partition coefficient (Wildman–Crippen LogP) is 1.52. The number of nitrogens with one attached hydrogen (secondary N) is 1. The van der Waals surface area contributed by atoms with Gasteiger partial charge in [-0.25, -0.2) is 4.79 Å². The van der Waals surface area contributed by atoms with Crippen LogP contribution < -0.4 is 11.0 Å². The maximum atomic E-state index is 12.9. The highest BCUT2D eigenvalue weighted by molar-refractivity contribution is 6.00. The van der Waals surface area contributed by atoms with Crippen LogP contribution in [0.15, 0.2) is 35.3 Å². The molecule has 1 saturated heterocycles. The Morgan fingerprint density at radius 1 is 1.19 bits per heavy atom. The number of hydrogen-bond acceptors (Lipinski definition) is 6. The maximum absolute atomic E-state index is 12.9. The number of amides is 2. The van der Waals surface area contributed by atoms with E-state index in [0.717, 1.165) is 5.56 Å². The monoisotopic (exact) mass is 439 g/mol. The Morgan fingerprint density at radius 3 is 2.62 bits per heavy atom. The number of piperidine rings is 1. The minimum atomic E-state index is -0.734. The van der Waals surface area contributed by atoms with E-state index in [1.165, 1.54) is 13.8 Å². The van der Waals surface area contributed by atoms with Crippen LogP contribution in [0.25, 0.3) is 22.3 Å². The normalized spacial score (nSPS) is 16.9. The third-order valence-corrected chi connectivity index (χ3v) is 5.26. The second kappa shape index (κ2) is 7.77. The lowest BCUT2D eigenvalue weighted by Gasteiger charge is -2.21. The van der Waals surface area contributed by atoms with Crippen molar-refractivity contribution in [2.75, 3.05) is 0 Å². The van der Waals surface area contributed by atoms with E-state index >= 15 is 0 Å². The molecule has 10 heteroatoms. The van der Waals surface area contributed by atoms with Gasteiger partial charge in [0.2, 0.25) is 11.8 Å². The number of aryl methyl sites for hydroxylation is 1. The number of nitrogens with zero attached hydrogens (tertiary/aromatic N) is 4. The molecule has 0 saturated carbocycles. The molecule has 1 aromatic carbocycles. The van der Waals surface area contributed by atoms with Crippen molar-refractivity contribution >= 4 is 28.8 Å². The fourth-order valence-electron chi connectivity index (χ4n) is 3.86. The molecule has 4 rings (SSSR count). The number of hydrogen-bond donors (Lipinski definition) is 1. The van der Waals surface area contributed by atoms with Crippen molar-refractivity contribution in [3.05, 3.63) is 40.9 Å². The van der Waals surface area contributed by atoms with Crippen molar-refractivity contribution in [3.8, 4) is 11.3 Å². The lowest BCUT2D eigenvalue weighted by molar-refractivity contribution is -0.155. The van der Waals surface area contributed by atoms with Crippen LogP contribution in [0.3, 0.4) is 0 Å². The molecular weight excluding hydrogens is 414 g/mol. The molecule has 2 aromatic heterocycles. The van der Waals surface area contributed by atoms with Gasteiger partial charge in [-0.3, -0.25) is 33.5 Å². The summed E-state index contributed by atoms with van der Waals surface area (Å²) in [6, 6.07) is 6.44. The Morgan fingerprint density at radius 2 is 1.94 bits per heavy atom. The zero-order valence-corrected chi connectivity index (χ0v) is 18.4. The Kier molecular flexibility index (Phi) is 5.23. The first-order valence-electron chi connectivity index (χ1n) is 10.3. The molecule has 0 radical (unpaired) electrons. The van der Waals surface area contributed by atoms with Gasteiger partial charge in [-0.15, -0.1) is 0 Å². The number of imide groups is 1. The molecule has 1 N–H and O–H groups in total. The van der Waals surface area contributed by atoms with E-state index in [9.17, 15) is 19.2 Å². The first-order valence-corrected chi connectivity index (χ1v) is 10.3. The SMILES string of the molecule is Cn1c(=O)n(C2CCC(=O)NC2=O)c2ccc(-c3ccn(CC(=O)OC(C)(C)C)n3)cc21. The summed E-state index contributed by atoms with van der Waals surface area (Å²) in [5, 5.41) is 6.75. The largest absolute Gasteiger partial charge is 0.459 e. The van der Waals surface area contributed by atoms with Gasteiger partial charge in [0.15, 0.2) is 0 Å². The van der Waals surface area contributed by atoms with Crippen LogP contribution >= 0.6 is 0 Å². The van der Waals surface area contributed by atoms with Gasteiger partial charge < -0.3 is 4.74 Å². The molecule has 2 amide bonds. The number of ether oxygens (including phenoxy) is 1. The van der Waals surface area contributed by atoms with E-state index in [2.05, 4.69) is 10.4 Å². The van der Waals surface area contributed by atoms with Crippen LogP contribution in [0.1, 0.15) is 39.7 Å². The average molecular weight is 439 g/mol. The van der Waals surface area contributed by atoms with E-state index < -0.39 is 17.6 Å². The Balaban J connectivity index is 1.64. The van der Waals surface area contributed by atoms with E-state index in [1.54, 1.807) is 46.1 Å². The van der Waals surface area contributed by atoms with Crippen molar-refractivity contribution in [1.29, 1.82) is 0 Å². The molecule has 1 fully saturated rings. The van der Waals surface area contributed by atoms with Crippen LogP contribution in [0.2, 0.25) is 0 Å². The molecular formula is C22H25N5O5. The molecule has 3 heterocycles. The Labute approximate surface area is 183 Å². The lowest BCUT2D eigenvalue weighted by atomic mass is 10.1. The quantitative estimate of drug-likeness (QED) is 0.487. The number of rotatable bonds is 4. The van der Waals surface area contributed by atoms with Crippen LogP contribution in [0.4, 0.5) is 0 Å². The maximum Gasteiger partial charge on any atom is 0.329 e. The first-order chi connectivity index (χ1) is 15.0. The van der Waals surface area contributed by atoms with Crippen molar-refractivity contribution < 1.29 is 19.1 Å². The molecule has 0 aliphatic carbocycles. The van der Waals surface area contributed by atoms with Crippen LogP contribution in [0, 0.1) is 0 Å². The minimum Gasteiger partial charge on any atom is -0.459 e. The molecule has 32 heavy (non-hydrogen) atoms. The smallest absolute Gasteiger partial charge is 0.329 e. The average Bonchev–Trinajstić information content (AvgIpc) is 3.24. The molecule has 0 spiro atoms. The van der Waals surface area contributed by atoms with E-state index in [-0.39, 0.29) is 37.0 Å². The number of carbonyl (C=O) groups excluding carboxylic acids is 3. The van der Waals surface area contributed by atoms with Crippen molar-refractivity contribution in [2.24, 2.45) is 7.05 Å². The molecule has 3 aromatic rings. The van der Waals surface area contributed by atoms with Gasteiger partial charge in [-0.05, 0) is 45.4 Å². The van der Waals surface area contributed by atoms with Gasteiger partial charge in [-0.1, -0.05) is 6.07 Å². The fraction of sp³-hybridized carbons (Fsp3) is 0.409. The molecule has 1 atom stereocenters. The van der Waals surface area contributed by atoms with Gasteiger partial charge in [0.1, 0.15) is 18.2 Å². The van der Waals surface area contributed by atoms with Gasteiger partial charge in [-0.2, -0.15) is 5.10 Å². The summed E-state index contributed by atoms with van der Waals surface area (Å²) in [4.78, 5) is 48.7. The Hall–Kier alpha value is -3.69. The summed E-state index contributed by atoms with van der Waals surface area (Å²) in [5.41, 5.74) is 1.73. The molecule has 168 valence electrons. The number of aromatic nitrogens is 4. The summed E-state index contributed by atoms with van der Waals surface area (Å²) in [6.07, 6.45) is 2.16. The summed E-state index contributed by atoms with van der Waals surface area (Å²) < 4.78 is 9.73. The number of fused-ring (bicyclic) bond motifs is 1. The summed E-state index contributed by atoms with van der Waals surface area (Å²) >= 11 is 0. The predicted molar refractivity (Wildman–Crippen MR) is 116 cm³/mol. The molecule has 1 unspecified atom stereocenters. The zero-order chi connectivity index (χ0) is 23.2. The van der Waals surface area contributed by atoms with E-state index in [1.807, 2.05) is 12.1 Å². The second-order valence-corrected chi connectivity index (χ2v) is 8.87. The van der Waals surface area contributed by atoms with Crippen molar-refractivity contribution in [3.63, 3.8) is 0 Å². The van der Waals surface area contributed by atoms with Gasteiger partial charge in [0, 0.05) is 25.2 Å².